The van der Waals surface area contributed by atoms with Gasteiger partial charge in [0.15, 0.2) is 0 Å². The third-order valence-corrected chi connectivity index (χ3v) is 4.80. The predicted octanol–water partition coefficient (Wildman–Crippen LogP) is 2.41. The number of pyridine rings is 1. The average molecular weight is 298 g/mol. The van der Waals surface area contributed by atoms with Gasteiger partial charge in [-0.25, -0.2) is 4.68 Å². The van der Waals surface area contributed by atoms with Crippen molar-refractivity contribution in [3.05, 3.63) is 42.5 Å². The van der Waals surface area contributed by atoms with Crippen LogP contribution < -0.4 is 0 Å². The maximum absolute atomic E-state index is 5.93. The molecule has 0 aliphatic carbocycles. The number of nitrogens with zero attached hydrogens (tertiary/aromatic N) is 4. The van der Waals surface area contributed by atoms with Crippen LogP contribution in [0.4, 0.5) is 0 Å². The van der Waals surface area contributed by atoms with E-state index in [1.807, 2.05) is 35.4 Å². The van der Waals surface area contributed by atoms with Crippen molar-refractivity contribution in [1.29, 1.82) is 0 Å². The molecular weight excluding hydrogens is 276 g/mol. The number of ether oxygens (including phenoxy) is 1. The SMILES string of the molecule is c1cc(-n2nccc2CN2CCCC2C2CCCO2)ccn1. The minimum Gasteiger partial charge on any atom is -0.377 e. The van der Waals surface area contributed by atoms with Crippen molar-refractivity contribution in [1.82, 2.24) is 19.7 Å². The summed E-state index contributed by atoms with van der Waals surface area (Å²) in [4.78, 5) is 6.66. The first-order chi connectivity index (χ1) is 10.9. The highest BCUT2D eigenvalue weighted by Crippen LogP contribution is 2.29. The van der Waals surface area contributed by atoms with Gasteiger partial charge in [0.05, 0.1) is 17.5 Å². The van der Waals surface area contributed by atoms with Crippen LogP contribution in [0.15, 0.2) is 36.8 Å². The van der Waals surface area contributed by atoms with Gasteiger partial charge in [-0.15, -0.1) is 0 Å². The van der Waals surface area contributed by atoms with E-state index in [1.54, 1.807) is 0 Å². The summed E-state index contributed by atoms with van der Waals surface area (Å²) >= 11 is 0. The van der Waals surface area contributed by atoms with Crippen LogP contribution in [0, 0.1) is 0 Å². The molecule has 0 amide bonds. The molecule has 0 radical (unpaired) electrons. The predicted molar refractivity (Wildman–Crippen MR) is 83.8 cm³/mol. The highest BCUT2D eigenvalue weighted by molar-refractivity contribution is 5.30. The van der Waals surface area contributed by atoms with Crippen LogP contribution in [-0.4, -0.2) is 45.0 Å². The molecule has 0 N–H and O–H groups in total. The lowest BCUT2D eigenvalue weighted by Gasteiger charge is -2.28. The first kappa shape index (κ1) is 13.9. The molecule has 5 heteroatoms. The zero-order chi connectivity index (χ0) is 14.8. The Kier molecular flexibility index (Phi) is 3.91. The zero-order valence-electron chi connectivity index (χ0n) is 12.8. The molecule has 2 fully saturated rings. The third-order valence-electron chi connectivity index (χ3n) is 4.80. The Labute approximate surface area is 130 Å². The molecule has 2 aromatic heterocycles. The van der Waals surface area contributed by atoms with Crippen molar-refractivity contribution in [3.8, 4) is 5.69 Å². The second-order valence-electron chi connectivity index (χ2n) is 6.17. The quantitative estimate of drug-likeness (QED) is 0.869. The van der Waals surface area contributed by atoms with E-state index < -0.39 is 0 Å². The Morgan fingerprint density at radius 1 is 1.09 bits per heavy atom. The van der Waals surface area contributed by atoms with E-state index in [0.29, 0.717) is 12.1 Å². The third kappa shape index (κ3) is 2.66. The molecule has 0 saturated carbocycles. The average Bonchev–Trinajstić information content (AvgIpc) is 3.30. The molecule has 2 atom stereocenters. The zero-order valence-corrected chi connectivity index (χ0v) is 12.8. The van der Waals surface area contributed by atoms with Gasteiger partial charge in [-0.1, -0.05) is 0 Å². The van der Waals surface area contributed by atoms with Crippen molar-refractivity contribution in [2.24, 2.45) is 0 Å². The lowest BCUT2D eigenvalue weighted by Crippen LogP contribution is -2.38. The van der Waals surface area contributed by atoms with Gasteiger partial charge in [0.25, 0.3) is 0 Å². The monoisotopic (exact) mass is 298 g/mol. The van der Waals surface area contributed by atoms with E-state index in [9.17, 15) is 0 Å². The molecule has 0 aromatic carbocycles. The maximum Gasteiger partial charge on any atom is 0.0731 e. The Hall–Kier alpha value is -1.72. The molecule has 0 bridgehead atoms. The van der Waals surface area contributed by atoms with Crippen LogP contribution in [0.25, 0.3) is 5.69 Å². The Balaban J connectivity index is 1.53. The fourth-order valence-corrected chi connectivity index (χ4v) is 3.75. The van der Waals surface area contributed by atoms with Crippen LogP contribution in [0.1, 0.15) is 31.4 Å². The fourth-order valence-electron chi connectivity index (χ4n) is 3.75. The molecule has 2 saturated heterocycles. The lowest BCUT2D eigenvalue weighted by molar-refractivity contribution is 0.0382. The number of aromatic nitrogens is 3. The van der Waals surface area contributed by atoms with E-state index in [2.05, 4.69) is 21.0 Å². The molecule has 2 aliphatic rings. The van der Waals surface area contributed by atoms with Crippen LogP contribution in [0.2, 0.25) is 0 Å². The van der Waals surface area contributed by atoms with Gasteiger partial charge in [0.1, 0.15) is 0 Å². The Bertz CT molecular complexity index is 606. The molecule has 4 heterocycles. The van der Waals surface area contributed by atoms with Crippen molar-refractivity contribution < 1.29 is 4.74 Å². The smallest absolute Gasteiger partial charge is 0.0731 e. The second kappa shape index (κ2) is 6.18. The topological polar surface area (TPSA) is 43.2 Å². The van der Waals surface area contributed by atoms with Gasteiger partial charge < -0.3 is 4.74 Å². The molecular formula is C17H22N4O. The second-order valence-corrected chi connectivity index (χ2v) is 6.17. The summed E-state index contributed by atoms with van der Waals surface area (Å²) in [6.07, 6.45) is 10.9. The van der Waals surface area contributed by atoms with Gasteiger partial charge in [0, 0.05) is 37.8 Å². The molecule has 0 spiro atoms. The molecule has 116 valence electrons. The lowest BCUT2D eigenvalue weighted by atomic mass is 10.1. The molecule has 22 heavy (non-hydrogen) atoms. The van der Waals surface area contributed by atoms with E-state index in [-0.39, 0.29) is 0 Å². The van der Waals surface area contributed by atoms with Crippen LogP contribution >= 0.6 is 0 Å². The van der Waals surface area contributed by atoms with Crippen LogP contribution in [0.3, 0.4) is 0 Å². The van der Waals surface area contributed by atoms with Gasteiger partial charge in [-0.2, -0.15) is 5.10 Å². The summed E-state index contributed by atoms with van der Waals surface area (Å²) in [5.74, 6) is 0. The Morgan fingerprint density at radius 3 is 2.82 bits per heavy atom. The number of hydrogen-bond donors (Lipinski definition) is 0. The molecule has 2 aromatic rings. The van der Waals surface area contributed by atoms with Crippen LogP contribution in [0.5, 0.6) is 0 Å². The number of rotatable bonds is 4. The largest absolute Gasteiger partial charge is 0.377 e. The molecule has 5 nitrogen and oxygen atoms in total. The van der Waals surface area contributed by atoms with E-state index in [1.165, 1.54) is 31.4 Å². The number of hydrogen-bond acceptors (Lipinski definition) is 4. The van der Waals surface area contributed by atoms with Crippen molar-refractivity contribution in [3.63, 3.8) is 0 Å². The summed E-state index contributed by atoms with van der Waals surface area (Å²) < 4.78 is 7.95. The Morgan fingerprint density at radius 2 is 2.00 bits per heavy atom. The number of likely N-dealkylation sites (tertiary alicyclic amines) is 1. The summed E-state index contributed by atoms with van der Waals surface area (Å²) in [7, 11) is 0. The van der Waals surface area contributed by atoms with Gasteiger partial charge in [-0.05, 0) is 50.4 Å². The van der Waals surface area contributed by atoms with E-state index >= 15 is 0 Å². The van der Waals surface area contributed by atoms with Gasteiger partial charge >= 0.3 is 0 Å². The van der Waals surface area contributed by atoms with Crippen molar-refractivity contribution in [2.75, 3.05) is 13.2 Å². The first-order valence-corrected chi connectivity index (χ1v) is 8.21. The summed E-state index contributed by atoms with van der Waals surface area (Å²) in [6.45, 7) is 3.03. The normalized spacial score (nSPS) is 25.8. The van der Waals surface area contributed by atoms with Crippen molar-refractivity contribution in [2.45, 2.75) is 44.4 Å². The standard InChI is InChI=1S/C17H22N4O/c1-3-16(17-4-2-12-22-17)20(11-1)13-15-7-10-19-21(15)14-5-8-18-9-6-14/h5-10,16-17H,1-4,11-13H2. The fraction of sp³-hybridized carbons (Fsp3) is 0.529. The minimum atomic E-state index is 0.430. The minimum absolute atomic E-state index is 0.430. The summed E-state index contributed by atoms with van der Waals surface area (Å²) in [5, 5.41) is 4.48. The molecule has 2 aliphatic heterocycles. The van der Waals surface area contributed by atoms with E-state index in [0.717, 1.165) is 25.4 Å². The highest BCUT2D eigenvalue weighted by atomic mass is 16.5. The summed E-state index contributed by atoms with van der Waals surface area (Å²) in [5.41, 5.74) is 2.30. The maximum atomic E-state index is 5.93. The van der Waals surface area contributed by atoms with Gasteiger partial charge in [-0.3, -0.25) is 9.88 Å². The van der Waals surface area contributed by atoms with Crippen LogP contribution in [-0.2, 0) is 11.3 Å². The summed E-state index contributed by atoms with van der Waals surface area (Å²) in [6, 6.07) is 6.68. The first-order valence-electron chi connectivity index (χ1n) is 8.21. The van der Waals surface area contributed by atoms with Crippen molar-refractivity contribution >= 4 is 0 Å². The highest BCUT2D eigenvalue weighted by Gasteiger charge is 2.34. The van der Waals surface area contributed by atoms with E-state index in [4.69, 9.17) is 4.74 Å². The van der Waals surface area contributed by atoms with Gasteiger partial charge in [0.2, 0.25) is 0 Å². The molecule has 4 rings (SSSR count). The molecule has 2 unspecified atom stereocenters.